The Morgan fingerprint density at radius 3 is 0.895 bits per heavy atom. The molecule has 2 radical (unpaired) electrons. The van der Waals surface area contributed by atoms with Crippen molar-refractivity contribution in [2.45, 2.75) is 212 Å². The monoisotopic (exact) mass is 529 g/mol. The van der Waals surface area contributed by atoms with Gasteiger partial charge < -0.3 is 0 Å². The summed E-state index contributed by atoms with van der Waals surface area (Å²) in [4.78, 5) is 0. The number of rotatable bonds is 4. The molecule has 0 aromatic heterocycles. The van der Waals surface area contributed by atoms with E-state index in [0.29, 0.717) is 0 Å². The zero-order chi connectivity index (χ0) is 26.8. The highest BCUT2D eigenvalue weighted by Crippen LogP contribution is 2.32. The van der Waals surface area contributed by atoms with Crippen LogP contribution in [0.3, 0.4) is 0 Å². The normalized spacial score (nSPS) is 24.5. The van der Waals surface area contributed by atoms with E-state index in [4.69, 9.17) is 0 Å². The molecule has 224 valence electrons. The molecule has 2 atom stereocenters. The fourth-order valence-corrected chi connectivity index (χ4v) is 7.64. The SMILES string of the molecule is CC(CC1CCCCCCC[CH]CCCCCCCC1)CC1CCCCCCC[CH]CCCCCCCC1. The number of hydrogen-bond donors (Lipinski definition) is 0. The van der Waals surface area contributed by atoms with Gasteiger partial charge in [-0.25, -0.2) is 0 Å². The molecule has 38 heavy (non-hydrogen) atoms. The molecular weight excluding hydrogens is 456 g/mol. The summed E-state index contributed by atoms with van der Waals surface area (Å²) in [5.41, 5.74) is 0. The van der Waals surface area contributed by atoms with Gasteiger partial charge in [0.1, 0.15) is 0 Å². The highest BCUT2D eigenvalue weighted by molar-refractivity contribution is 4.71. The van der Waals surface area contributed by atoms with Gasteiger partial charge in [0, 0.05) is 0 Å². The first-order chi connectivity index (χ1) is 18.8. The van der Waals surface area contributed by atoms with Crippen molar-refractivity contribution in [2.24, 2.45) is 17.8 Å². The standard InChI is InChI=1S/C38H72/c1-36(34-37-30-26-22-18-14-10-6-2-3-7-11-15-19-23-27-31-37)35-38-32-28-24-20-16-12-8-4-5-9-13-17-21-25-29-33-38/h2,4,36-38H,3,5-35H2,1H3. The third-order valence-corrected chi connectivity index (χ3v) is 10.1. The molecule has 0 bridgehead atoms. The summed E-state index contributed by atoms with van der Waals surface area (Å²) < 4.78 is 0. The zero-order valence-corrected chi connectivity index (χ0v) is 26.5. The lowest BCUT2D eigenvalue weighted by Gasteiger charge is -2.25. The lowest BCUT2D eigenvalue weighted by atomic mass is 9.80. The molecule has 0 amide bonds. The van der Waals surface area contributed by atoms with Crippen molar-refractivity contribution in [1.29, 1.82) is 0 Å². The second-order valence-electron chi connectivity index (χ2n) is 14.0. The smallest absolute Gasteiger partial charge is 0.0386 e. The molecular formula is C38H72. The maximum atomic E-state index is 2.64. The summed E-state index contributed by atoms with van der Waals surface area (Å²) in [6, 6.07) is 0. The Hall–Kier alpha value is 0. The minimum absolute atomic E-state index is 0.944. The van der Waals surface area contributed by atoms with E-state index in [1.807, 2.05) is 0 Å². The van der Waals surface area contributed by atoms with Gasteiger partial charge in [0.05, 0.1) is 0 Å². The Morgan fingerprint density at radius 1 is 0.368 bits per heavy atom. The van der Waals surface area contributed by atoms with Gasteiger partial charge in [0.15, 0.2) is 0 Å². The van der Waals surface area contributed by atoms with Crippen LogP contribution in [0.15, 0.2) is 0 Å². The van der Waals surface area contributed by atoms with Crippen molar-refractivity contribution in [1.82, 2.24) is 0 Å². The average Bonchev–Trinajstić information content (AvgIpc) is 2.92. The van der Waals surface area contributed by atoms with Crippen molar-refractivity contribution in [3.8, 4) is 0 Å². The van der Waals surface area contributed by atoms with Crippen molar-refractivity contribution >= 4 is 0 Å². The quantitative estimate of drug-likeness (QED) is 0.340. The van der Waals surface area contributed by atoms with E-state index in [1.54, 1.807) is 0 Å². The lowest BCUT2D eigenvalue weighted by Crippen LogP contribution is -2.12. The molecule has 0 heteroatoms. The molecule has 0 N–H and O–H groups in total. The van der Waals surface area contributed by atoms with Crippen molar-refractivity contribution in [2.75, 3.05) is 0 Å². The van der Waals surface area contributed by atoms with Crippen molar-refractivity contribution < 1.29 is 0 Å². The summed E-state index contributed by atoms with van der Waals surface area (Å²) in [6.07, 6.45) is 52.4. The van der Waals surface area contributed by atoms with E-state index < -0.39 is 0 Å². The van der Waals surface area contributed by atoms with E-state index in [9.17, 15) is 0 Å². The van der Waals surface area contributed by atoms with Gasteiger partial charge in [-0.3, -0.25) is 0 Å². The van der Waals surface area contributed by atoms with E-state index in [2.05, 4.69) is 19.8 Å². The molecule has 2 unspecified atom stereocenters. The van der Waals surface area contributed by atoms with Crippen LogP contribution in [0.25, 0.3) is 0 Å². The van der Waals surface area contributed by atoms with Crippen LogP contribution in [0.4, 0.5) is 0 Å². The van der Waals surface area contributed by atoms with Gasteiger partial charge >= 0.3 is 0 Å². The third-order valence-electron chi connectivity index (χ3n) is 10.1. The Labute approximate surface area is 242 Å². The summed E-state index contributed by atoms with van der Waals surface area (Å²) in [6.45, 7) is 2.64. The minimum atomic E-state index is 0.944. The van der Waals surface area contributed by atoms with E-state index in [1.165, 1.54) is 205 Å². The fraction of sp³-hybridized carbons (Fsp3) is 0.947. The second-order valence-corrected chi connectivity index (χ2v) is 14.0. The molecule has 0 heterocycles. The van der Waals surface area contributed by atoms with E-state index in [-0.39, 0.29) is 0 Å². The lowest BCUT2D eigenvalue weighted by molar-refractivity contribution is 0.268. The molecule has 0 aliphatic heterocycles. The topological polar surface area (TPSA) is 0 Å². The van der Waals surface area contributed by atoms with E-state index >= 15 is 0 Å². The largest absolute Gasteiger partial charge is 0.0625 e. The summed E-state index contributed by atoms with van der Waals surface area (Å²) in [5.74, 6) is 2.97. The van der Waals surface area contributed by atoms with Crippen LogP contribution in [0.5, 0.6) is 0 Å². The zero-order valence-electron chi connectivity index (χ0n) is 26.5. The Bertz CT molecular complexity index is 389. The van der Waals surface area contributed by atoms with Gasteiger partial charge in [-0.1, -0.05) is 200 Å². The Balaban J connectivity index is 1.76. The third kappa shape index (κ3) is 20.8. The van der Waals surface area contributed by atoms with E-state index in [0.717, 1.165) is 17.8 Å². The maximum absolute atomic E-state index is 2.64. The molecule has 0 spiro atoms. The maximum Gasteiger partial charge on any atom is -0.0386 e. The van der Waals surface area contributed by atoms with Gasteiger partial charge in [-0.05, 0) is 43.4 Å². The van der Waals surface area contributed by atoms with Crippen LogP contribution >= 0.6 is 0 Å². The average molecular weight is 529 g/mol. The summed E-state index contributed by atoms with van der Waals surface area (Å²) in [5, 5.41) is 0. The predicted molar refractivity (Wildman–Crippen MR) is 172 cm³/mol. The number of hydrogen-bond acceptors (Lipinski definition) is 0. The van der Waals surface area contributed by atoms with Gasteiger partial charge in [-0.15, -0.1) is 0 Å². The van der Waals surface area contributed by atoms with Gasteiger partial charge in [0.2, 0.25) is 0 Å². The van der Waals surface area contributed by atoms with Gasteiger partial charge in [0.25, 0.3) is 0 Å². The highest BCUT2D eigenvalue weighted by Gasteiger charge is 2.18. The molecule has 2 aliphatic rings. The summed E-state index contributed by atoms with van der Waals surface area (Å²) >= 11 is 0. The van der Waals surface area contributed by atoms with Crippen LogP contribution in [-0.4, -0.2) is 0 Å². The van der Waals surface area contributed by atoms with Crippen LogP contribution in [-0.2, 0) is 0 Å². The van der Waals surface area contributed by atoms with Crippen LogP contribution in [0, 0.1) is 30.6 Å². The molecule has 2 fully saturated rings. The van der Waals surface area contributed by atoms with Gasteiger partial charge in [-0.2, -0.15) is 0 Å². The molecule has 0 aromatic carbocycles. The Kier molecular flexibility index (Phi) is 23.3. The first kappa shape index (κ1) is 34.2. The first-order valence-corrected chi connectivity index (χ1v) is 18.5. The fourth-order valence-electron chi connectivity index (χ4n) is 7.64. The molecule has 2 saturated carbocycles. The molecule has 2 rings (SSSR count). The molecule has 2 aliphatic carbocycles. The van der Waals surface area contributed by atoms with Crippen molar-refractivity contribution in [3.63, 3.8) is 0 Å². The van der Waals surface area contributed by atoms with Crippen LogP contribution < -0.4 is 0 Å². The summed E-state index contributed by atoms with van der Waals surface area (Å²) in [7, 11) is 0. The highest BCUT2D eigenvalue weighted by atomic mass is 14.2. The minimum Gasteiger partial charge on any atom is -0.0625 e. The van der Waals surface area contributed by atoms with Crippen LogP contribution in [0.1, 0.15) is 212 Å². The van der Waals surface area contributed by atoms with Crippen LogP contribution in [0.2, 0.25) is 0 Å². The second kappa shape index (κ2) is 25.9. The Morgan fingerprint density at radius 2 is 0.605 bits per heavy atom. The molecule has 0 saturated heterocycles. The molecule has 0 aromatic rings. The predicted octanol–water partition coefficient (Wildman–Crippen LogP) is 13.8. The van der Waals surface area contributed by atoms with Crippen molar-refractivity contribution in [3.05, 3.63) is 12.8 Å². The molecule has 0 nitrogen and oxygen atoms in total. The first-order valence-electron chi connectivity index (χ1n) is 18.5.